The van der Waals surface area contributed by atoms with Crippen LogP contribution in [0.5, 0.6) is 0 Å². The average Bonchev–Trinajstić information content (AvgIpc) is 3.38. The number of ether oxygens (including phenoxy) is 1. The molecule has 8 nitrogen and oxygen atoms in total. The van der Waals surface area contributed by atoms with Crippen molar-refractivity contribution in [3.63, 3.8) is 0 Å². The summed E-state index contributed by atoms with van der Waals surface area (Å²) in [7, 11) is 0. The summed E-state index contributed by atoms with van der Waals surface area (Å²) >= 11 is 0. The summed E-state index contributed by atoms with van der Waals surface area (Å²) in [6.45, 7) is 6.36. The van der Waals surface area contributed by atoms with Gasteiger partial charge in [0.1, 0.15) is 5.69 Å². The Labute approximate surface area is 164 Å². The Morgan fingerprint density at radius 2 is 2.18 bits per heavy atom. The number of hydrogen-bond donors (Lipinski definition) is 2. The lowest BCUT2D eigenvalue weighted by atomic mass is 9.95. The number of aromatic nitrogens is 2. The van der Waals surface area contributed by atoms with Crippen molar-refractivity contribution in [3.05, 3.63) is 30.2 Å². The van der Waals surface area contributed by atoms with E-state index in [0.717, 1.165) is 6.42 Å². The first-order valence-corrected chi connectivity index (χ1v) is 9.82. The number of carbonyl (C=O) groups excluding carboxylic acids is 2. The van der Waals surface area contributed by atoms with Crippen molar-refractivity contribution in [3.8, 4) is 11.5 Å². The van der Waals surface area contributed by atoms with E-state index in [0.29, 0.717) is 56.2 Å². The van der Waals surface area contributed by atoms with E-state index in [1.54, 1.807) is 29.4 Å². The lowest BCUT2D eigenvalue weighted by Crippen LogP contribution is -2.43. The van der Waals surface area contributed by atoms with Crippen LogP contribution in [0.1, 0.15) is 43.6 Å². The standard InChI is InChI=1S/C20H28N4O4/c1-14(2)27-12-4-8-21-19(25)15-6-9-24(10-7-15)20(26)17-13-16(22-23-17)18-5-3-11-28-18/h3,5,11,13-15H,4,6-10,12H2,1-2H3,(H,21,25)(H,22,23). The van der Waals surface area contributed by atoms with Gasteiger partial charge in [0.15, 0.2) is 11.5 Å². The summed E-state index contributed by atoms with van der Waals surface area (Å²) < 4.78 is 10.8. The van der Waals surface area contributed by atoms with Crippen molar-refractivity contribution in [2.45, 2.75) is 39.2 Å². The highest BCUT2D eigenvalue weighted by Gasteiger charge is 2.28. The highest BCUT2D eigenvalue weighted by molar-refractivity contribution is 5.93. The molecule has 0 atom stereocenters. The van der Waals surface area contributed by atoms with E-state index < -0.39 is 0 Å². The first kappa shape index (κ1) is 20.1. The molecule has 0 radical (unpaired) electrons. The van der Waals surface area contributed by atoms with E-state index in [4.69, 9.17) is 9.15 Å². The maximum atomic E-state index is 12.7. The number of hydrogen-bond acceptors (Lipinski definition) is 5. The van der Waals surface area contributed by atoms with E-state index in [1.165, 1.54) is 0 Å². The Bertz CT molecular complexity index is 761. The van der Waals surface area contributed by atoms with Crippen molar-refractivity contribution in [2.75, 3.05) is 26.2 Å². The summed E-state index contributed by atoms with van der Waals surface area (Å²) in [5.41, 5.74) is 1.03. The van der Waals surface area contributed by atoms with Crippen molar-refractivity contribution in [1.82, 2.24) is 20.4 Å². The molecule has 2 N–H and O–H groups in total. The number of carbonyl (C=O) groups is 2. The zero-order chi connectivity index (χ0) is 19.9. The molecule has 3 heterocycles. The molecule has 8 heteroatoms. The quantitative estimate of drug-likeness (QED) is 0.677. The van der Waals surface area contributed by atoms with Crippen LogP contribution in [0.25, 0.3) is 11.5 Å². The second-order valence-electron chi connectivity index (χ2n) is 7.27. The van der Waals surface area contributed by atoms with Crippen LogP contribution in [0.3, 0.4) is 0 Å². The van der Waals surface area contributed by atoms with Crippen LogP contribution in [0.2, 0.25) is 0 Å². The van der Waals surface area contributed by atoms with Crippen LogP contribution in [-0.4, -0.2) is 59.3 Å². The molecule has 2 aromatic heterocycles. The molecule has 0 unspecified atom stereocenters. The fourth-order valence-corrected chi connectivity index (χ4v) is 3.24. The van der Waals surface area contributed by atoms with Crippen LogP contribution in [0.15, 0.2) is 28.9 Å². The summed E-state index contributed by atoms with van der Waals surface area (Å²) in [5, 5.41) is 9.90. The number of furan rings is 1. The molecule has 0 aliphatic carbocycles. The van der Waals surface area contributed by atoms with E-state index >= 15 is 0 Å². The molecule has 0 spiro atoms. The monoisotopic (exact) mass is 388 g/mol. The minimum atomic E-state index is -0.126. The van der Waals surface area contributed by atoms with Gasteiger partial charge in [-0.3, -0.25) is 14.7 Å². The normalized spacial score (nSPS) is 15.2. The molecule has 1 fully saturated rings. The van der Waals surface area contributed by atoms with Gasteiger partial charge in [0.25, 0.3) is 5.91 Å². The van der Waals surface area contributed by atoms with Gasteiger partial charge in [-0.1, -0.05) is 0 Å². The number of piperidine rings is 1. The molecule has 1 aliphatic rings. The minimum absolute atomic E-state index is 0.0482. The molecule has 1 saturated heterocycles. The van der Waals surface area contributed by atoms with Gasteiger partial charge in [-0.2, -0.15) is 5.10 Å². The first-order valence-electron chi connectivity index (χ1n) is 9.82. The predicted molar refractivity (Wildman–Crippen MR) is 104 cm³/mol. The van der Waals surface area contributed by atoms with Gasteiger partial charge < -0.3 is 19.4 Å². The molecule has 28 heavy (non-hydrogen) atoms. The summed E-state index contributed by atoms with van der Waals surface area (Å²) in [4.78, 5) is 26.7. The van der Waals surface area contributed by atoms with Crippen molar-refractivity contribution < 1.29 is 18.7 Å². The average molecular weight is 388 g/mol. The predicted octanol–water partition coefficient (Wildman–Crippen LogP) is 2.45. The number of rotatable bonds is 8. The van der Waals surface area contributed by atoms with E-state index in [-0.39, 0.29) is 23.8 Å². The fourth-order valence-electron chi connectivity index (χ4n) is 3.24. The third kappa shape index (κ3) is 5.22. The van der Waals surface area contributed by atoms with Crippen molar-refractivity contribution in [1.29, 1.82) is 0 Å². The van der Waals surface area contributed by atoms with Crippen LogP contribution in [0.4, 0.5) is 0 Å². The van der Waals surface area contributed by atoms with E-state index in [2.05, 4.69) is 15.5 Å². The van der Waals surface area contributed by atoms with Crippen LogP contribution < -0.4 is 5.32 Å². The SMILES string of the molecule is CC(C)OCCCNC(=O)C1CCN(C(=O)c2cc(-c3ccco3)[nH]n2)CC1. The van der Waals surface area contributed by atoms with Gasteiger partial charge in [-0.05, 0) is 45.2 Å². The number of nitrogens with zero attached hydrogens (tertiary/aromatic N) is 2. The number of aromatic amines is 1. The third-order valence-electron chi connectivity index (χ3n) is 4.81. The molecule has 0 bridgehead atoms. The molecular weight excluding hydrogens is 360 g/mol. The second-order valence-corrected chi connectivity index (χ2v) is 7.27. The zero-order valence-electron chi connectivity index (χ0n) is 16.4. The molecule has 1 aliphatic heterocycles. The molecule has 2 amide bonds. The maximum Gasteiger partial charge on any atom is 0.274 e. The highest BCUT2D eigenvalue weighted by atomic mass is 16.5. The van der Waals surface area contributed by atoms with Gasteiger partial charge in [-0.15, -0.1) is 0 Å². The van der Waals surface area contributed by atoms with Crippen LogP contribution >= 0.6 is 0 Å². The highest BCUT2D eigenvalue weighted by Crippen LogP contribution is 2.21. The van der Waals surface area contributed by atoms with E-state index in [9.17, 15) is 9.59 Å². The van der Waals surface area contributed by atoms with Gasteiger partial charge in [-0.25, -0.2) is 0 Å². The molecule has 2 aromatic rings. The number of likely N-dealkylation sites (tertiary alicyclic amines) is 1. The molecule has 0 aromatic carbocycles. The zero-order valence-corrected chi connectivity index (χ0v) is 16.4. The summed E-state index contributed by atoms with van der Waals surface area (Å²) in [6, 6.07) is 5.28. The number of H-pyrrole nitrogens is 1. The van der Waals surface area contributed by atoms with Gasteiger partial charge in [0.2, 0.25) is 5.91 Å². The van der Waals surface area contributed by atoms with Gasteiger partial charge >= 0.3 is 0 Å². The topological polar surface area (TPSA) is 100 Å². The maximum absolute atomic E-state index is 12.7. The van der Waals surface area contributed by atoms with E-state index in [1.807, 2.05) is 13.8 Å². The second kappa shape index (κ2) is 9.54. The Morgan fingerprint density at radius 1 is 1.39 bits per heavy atom. The Balaban J connectivity index is 1.42. The Morgan fingerprint density at radius 3 is 2.86 bits per heavy atom. The lowest BCUT2D eigenvalue weighted by Gasteiger charge is -2.30. The fraction of sp³-hybridized carbons (Fsp3) is 0.550. The molecular formula is C20H28N4O4. The summed E-state index contributed by atoms with van der Waals surface area (Å²) in [6.07, 6.45) is 3.91. The lowest BCUT2D eigenvalue weighted by molar-refractivity contribution is -0.126. The molecule has 152 valence electrons. The third-order valence-corrected chi connectivity index (χ3v) is 4.81. The van der Waals surface area contributed by atoms with Gasteiger partial charge in [0, 0.05) is 38.2 Å². The smallest absolute Gasteiger partial charge is 0.274 e. The van der Waals surface area contributed by atoms with Crippen LogP contribution in [-0.2, 0) is 9.53 Å². The Hall–Kier alpha value is -2.61. The van der Waals surface area contributed by atoms with Gasteiger partial charge in [0.05, 0.1) is 12.4 Å². The first-order chi connectivity index (χ1) is 13.5. The minimum Gasteiger partial charge on any atom is -0.463 e. The molecule has 0 saturated carbocycles. The summed E-state index contributed by atoms with van der Waals surface area (Å²) in [5.74, 6) is 0.531. The number of nitrogens with one attached hydrogen (secondary N) is 2. The Kier molecular flexibility index (Phi) is 6.86. The number of amides is 2. The van der Waals surface area contributed by atoms with Crippen LogP contribution in [0, 0.1) is 5.92 Å². The molecule has 3 rings (SSSR count). The largest absolute Gasteiger partial charge is 0.463 e. The van der Waals surface area contributed by atoms with Crippen molar-refractivity contribution in [2.24, 2.45) is 5.92 Å². The van der Waals surface area contributed by atoms with Crippen molar-refractivity contribution >= 4 is 11.8 Å².